The highest BCUT2D eigenvalue weighted by Crippen LogP contribution is 2.23. The summed E-state index contributed by atoms with van der Waals surface area (Å²) in [4.78, 5) is 29.6. The van der Waals surface area contributed by atoms with Gasteiger partial charge >= 0.3 is 0 Å². The Kier molecular flexibility index (Phi) is 5.22. The van der Waals surface area contributed by atoms with Crippen LogP contribution in [0.1, 0.15) is 16.2 Å². The first-order valence-corrected chi connectivity index (χ1v) is 9.80. The third kappa shape index (κ3) is 4.12. The Morgan fingerprint density at radius 3 is 2.79 bits per heavy atom. The molecule has 9 nitrogen and oxygen atoms in total. The molecule has 0 aliphatic carbocycles. The molecule has 1 fully saturated rings. The van der Waals surface area contributed by atoms with Crippen molar-refractivity contribution >= 4 is 29.0 Å². The number of H-pyrrole nitrogens is 1. The molecule has 0 saturated carbocycles. The predicted octanol–water partition coefficient (Wildman–Crippen LogP) is 1.83. The summed E-state index contributed by atoms with van der Waals surface area (Å²) < 4.78 is 4.93. The molecule has 4 heterocycles. The maximum atomic E-state index is 12.7. The van der Waals surface area contributed by atoms with Gasteiger partial charge in [0, 0.05) is 32.2 Å². The second-order valence-electron chi connectivity index (χ2n) is 6.58. The Balaban J connectivity index is 1.28. The molecule has 0 aromatic carbocycles. The molecule has 0 bridgehead atoms. The zero-order chi connectivity index (χ0) is 19.5. The second kappa shape index (κ2) is 7.95. The fraction of sp³-hybridized carbons (Fsp3) is 0.333. The van der Waals surface area contributed by atoms with Crippen LogP contribution in [0.2, 0.25) is 0 Å². The van der Waals surface area contributed by atoms with Crippen molar-refractivity contribution in [1.82, 2.24) is 25.2 Å². The minimum Gasteiger partial charge on any atom is -0.360 e. The van der Waals surface area contributed by atoms with Gasteiger partial charge in [0.1, 0.15) is 5.76 Å². The third-order valence-electron chi connectivity index (χ3n) is 4.51. The van der Waals surface area contributed by atoms with Crippen LogP contribution in [0, 0.1) is 6.92 Å². The highest BCUT2D eigenvalue weighted by atomic mass is 32.1. The zero-order valence-corrected chi connectivity index (χ0v) is 16.2. The molecule has 1 saturated heterocycles. The van der Waals surface area contributed by atoms with Crippen LogP contribution < -0.4 is 5.32 Å². The molecule has 4 rings (SSSR count). The molecular formula is C18H20N6O3S. The summed E-state index contributed by atoms with van der Waals surface area (Å²) >= 11 is 1.59. The summed E-state index contributed by atoms with van der Waals surface area (Å²) in [6, 6.07) is 7.40. The van der Waals surface area contributed by atoms with Gasteiger partial charge in [0.15, 0.2) is 11.5 Å². The summed E-state index contributed by atoms with van der Waals surface area (Å²) in [5.41, 5.74) is 1.26. The maximum absolute atomic E-state index is 12.7. The van der Waals surface area contributed by atoms with Crippen LogP contribution in [0.5, 0.6) is 0 Å². The van der Waals surface area contributed by atoms with Gasteiger partial charge in [-0.1, -0.05) is 11.2 Å². The molecule has 28 heavy (non-hydrogen) atoms. The lowest BCUT2D eigenvalue weighted by molar-refractivity contribution is -0.117. The molecule has 0 spiro atoms. The van der Waals surface area contributed by atoms with Crippen molar-refractivity contribution < 1.29 is 14.1 Å². The average molecular weight is 400 g/mol. The first-order chi connectivity index (χ1) is 13.6. The van der Waals surface area contributed by atoms with E-state index in [-0.39, 0.29) is 18.4 Å². The Morgan fingerprint density at radius 1 is 1.29 bits per heavy atom. The smallest absolute Gasteiger partial charge is 0.274 e. The Labute approximate surface area is 165 Å². The highest BCUT2D eigenvalue weighted by molar-refractivity contribution is 7.13. The first kappa shape index (κ1) is 18.4. The van der Waals surface area contributed by atoms with Crippen molar-refractivity contribution in [2.75, 3.05) is 38.0 Å². The molecule has 10 heteroatoms. The molecule has 2 amide bonds. The van der Waals surface area contributed by atoms with Gasteiger partial charge in [-0.15, -0.1) is 11.3 Å². The number of thiophene rings is 1. The van der Waals surface area contributed by atoms with Gasteiger partial charge in [-0.25, -0.2) is 0 Å². The number of carbonyl (C=O) groups excluding carboxylic acids is 2. The second-order valence-corrected chi connectivity index (χ2v) is 7.53. The van der Waals surface area contributed by atoms with E-state index in [4.69, 9.17) is 4.52 Å². The van der Waals surface area contributed by atoms with Crippen molar-refractivity contribution in [3.63, 3.8) is 0 Å². The van der Waals surface area contributed by atoms with Crippen molar-refractivity contribution in [2.45, 2.75) is 6.92 Å². The Hall–Kier alpha value is -2.98. The molecule has 0 atom stereocenters. The normalized spacial score (nSPS) is 15.0. The minimum atomic E-state index is -0.152. The molecule has 0 unspecified atom stereocenters. The Bertz CT molecular complexity index is 956. The van der Waals surface area contributed by atoms with Gasteiger partial charge in [0.2, 0.25) is 5.91 Å². The van der Waals surface area contributed by atoms with E-state index in [9.17, 15) is 9.59 Å². The maximum Gasteiger partial charge on any atom is 0.274 e. The van der Waals surface area contributed by atoms with Gasteiger partial charge in [-0.3, -0.25) is 19.6 Å². The van der Waals surface area contributed by atoms with Crippen LogP contribution in [-0.4, -0.2) is 69.7 Å². The van der Waals surface area contributed by atoms with Crippen LogP contribution in [0.4, 0.5) is 5.82 Å². The van der Waals surface area contributed by atoms with Crippen molar-refractivity contribution in [3.8, 4) is 10.6 Å². The van der Waals surface area contributed by atoms with E-state index in [1.807, 2.05) is 22.4 Å². The Morgan fingerprint density at radius 2 is 2.11 bits per heavy atom. The van der Waals surface area contributed by atoms with Gasteiger partial charge in [-0.05, 0) is 24.4 Å². The number of aromatic amines is 1. The summed E-state index contributed by atoms with van der Waals surface area (Å²) in [7, 11) is 0. The predicted molar refractivity (Wildman–Crippen MR) is 104 cm³/mol. The molecule has 1 aliphatic heterocycles. The fourth-order valence-electron chi connectivity index (χ4n) is 3.07. The van der Waals surface area contributed by atoms with Crippen LogP contribution in [-0.2, 0) is 4.79 Å². The summed E-state index contributed by atoms with van der Waals surface area (Å²) in [5, 5.41) is 15.5. The average Bonchev–Trinajstić information content (AvgIpc) is 3.43. The fourth-order valence-corrected chi connectivity index (χ4v) is 3.76. The van der Waals surface area contributed by atoms with Crippen molar-refractivity contribution in [1.29, 1.82) is 0 Å². The summed E-state index contributed by atoms with van der Waals surface area (Å²) in [6.45, 7) is 4.37. The van der Waals surface area contributed by atoms with Crippen molar-refractivity contribution in [2.24, 2.45) is 0 Å². The molecule has 1 aliphatic rings. The number of anilines is 1. The van der Waals surface area contributed by atoms with E-state index in [1.165, 1.54) is 0 Å². The lowest BCUT2D eigenvalue weighted by Gasteiger charge is -2.33. The van der Waals surface area contributed by atoms with Gasteiger partial charge in [0.25, 0.3) is 5.91 Å². The van der Waals surface area contributed by atoms with E-state index >= 15 is 0 Å². The quantitative estimate of drug-likeness (QED) is 0.677. The van der Waals surface area contributed by atoms with Crippen LogP contribution in [0.15, 0.2) is 34.2 Å². The SMILES string of the molecule is Cc1cc(NC(=O)CN2CCN(C(=O)c3cc(-c4cccs4)[nH]n3)CC2)no1. The van der Waals surface area contributed by atoms with E-state index in [2.05, 4.69) is 20.7 Å². The minimum absolute atomic E-state index is 0.0961. The number of nitrogens with zero attached hydrogens (tertiary/aromatic N) is 4. The molecule has 3 aromatic heterocycles. The number of hydrogen-bond donors (Lipinski definition) is 2. The number of aromatic nitrogens is 3. The summed E-state index contributed by atoms with van der Waals surface area (Å²) in [6.07, 6.45) is 0. The van der Waals surface area contributed by atoms with Crippen LogP contribution in [0.25, 0.3) is 10.6 Å². The highest BCUT2D eigenvalue weighted by Gasteiger charge is 2.25. The number of nitrogens with one attached hydrogen (secondary N) is 2. The number of piperazine rings is 1. The number of hydrogen-bond acceptors (Lipinski definition) is 7. The van der Waals surface area contributed by atoms with E-state index in [0.29, 0.717) is 43.5 Å². The molecular weight excluding hydrogens is 380 g/mol. The zero-order valence-electron chi connectivity index (χ0n) is 15.3. The van der Waals surface area contributed by atoms with E-state index in [1.54, 1.807) is 35.3 Å². The van der Waals surface area contributed by atoms with Crippen LogP contribution >= 0.6 is 11.3 Å². The molecule has 0 radical (unpaired) electrons. The molecule has 146 valence electrons. The summed E-state index contributed by atoms with van der Waals surface area (Å²) in [5.74, 6) is 0.807. The number of aryl methyl sites for hydroxylation is 1. The lowest BCUT2D eigenvalue weighted by atomic mass is 10.2. The largest absolute Gasteiger partial charge is 0.360 e. The number of amides is 2. The first-order valence-electron chi connectivity index (χ1n) is 8.92. The topological polar surface area (TPSA) is 107 Å². The number of carbonyl (C=O) groups is 2. The van der Waals surface area contributed by atoms with Gasteiger partial charge < -0.3 is 14.7 Å². The standard InChI is InChI=1S/C18H20N6O3S/c1-12-9-16(22-27-12)19-17(25)11-23-4-6-24(7-5-23)18(26)14-10-13(20-21-14)15-3-2-8-28-15/h2-3,8-10H,4-7,11H2,1H3,(H,20,21)(H,19,22,25). The van der Waals surface area contributed by atoms with E-state index < -0.39 is 0 Å². The lowest BCUT2D eigenvalue weighted by Crippen LogP contribution is -2.50. The third-order valence-corrected chi connectivity index (χ3v) is 5.41. The van der Waals surface area contributed by atoms with Gasteiger partial charge in [0.05, 0.1) is 17.1 Å². The molecule has 3 aromatic rings. The van der Waals surface area contributed by atoms with Gasteiger partial charge in [-0.2, -0.15) is 5.10 Å². The van der Waals surface area contributed by atoms with Crippen LogP contribution in [0.3, 0.4) is 0 Å². The monoisotopic (exact) mass is 400 g/mol. The van der Waals surface area contributed by atoms with E-state index in [0.717, 1.165) is 10.6 Å². The number of rotatable bonds is 5. The van der Waals surface area contributed by atoms with Crippen molar-refractivity contribution in [3.05, 3.63) is 41.1 Å². The molecule has 2 N–H and O–H groups in total.